The summed E-state index contributed by atoms with van der Waals surface area (Å²) in [5, 5.41) is 11.6. The van der Waals surface area contributed by atoms with Crippen LogP contribution in [0.15, 0.2) is 64.2 Å². The Morgan fingerprint density at radius 1 is 0.615 bits per heavy atom. The lowest BCUT2D eigenvalue weighted by molar-refractivity contribution is 0.133. The number of ether oxygens (including phenoxy) is 1. The molecule has 0 saturated carbocycles. The highest BCUT2D eigenvalue weighted by Crippen LogP contribution is 2.52. The summed E-state index contributed by atoms with van der Waals surface area (Å²) in [5.41, 5.74) is 2.76. The molecule has 0 N–H and O–H groups in total. The van der Waals surface area contributed by atoms with Gasteiger partial charge in [0.2, 0.25) is 0 Å². The van der Waals surface area contributed by atoms with Crippen molar-refractivity contribution >= 4 is 64.6 Å². The fourth-order valence-corrected chi connectivity index (χ4v) is 6.94. The molecular weight excluding hydrogens is 482 g/mol. The maximum atomic E-state index is 14.4. The van der Waals surface area contributed by atoms with E-state index in [4.69, 9.17) is 4.74 Å². The maximum Gasteiger partial charge on any atom is 0.266 e. The molecule has 0 atom stereocenters. The lowest BCUT2D eigenvalue weighted by Crippen LogP contribution is -2.24. The number of hydrogen-bond donors (Lipinski definition) is 0. The van der Waals surface area contributed by atoms with Crippen LogP contribution in [0.1, 0.15) is 37.5 Å². The zero-order valence-electron chi connectivity index (χ0n) is 22.9. The predicted molar refractivity (Wildman–Crippen MR) is 163 cm³/mol. The van der Waals surface area contributed by atoms with Gasteiger partial charge < -0.3 is 4.74 Å². The van der Waals surface area contributed by atoms with E-state index in [0.717, 1.165) is 60.1 Å². The second-order valence-electron chi connectivity index (χ2n) is 12.1. The van der Waals surface area contributed by atoms with Crippen LogP contribution in [0.5, 0.6) is 5.75 Å². The second kappa shape index (κ2) is 6.95. The summed E-state index contributed by atoms with van der Waals surface area (Å²) in [6.07, 6.45) is 0. The highest BCUT2D eigenvalue weighted by atomic mass is 16.5. The Bertz CT molecular complexity index is 2410. The van der Waals surface area contributed by atoms with Crippen molar-refractivity contribution in [2.24, 2.45) is 0 Å². The van der Waals surface area contributed by atoms with E-state index in [1.165, 1.54) is 20.7 Å². The van der Waals surface area contributed by atoms with Gasteiger partial charge in [-0.15, -0.1) is 0 Å². The molecule has 4 nitrogen and oxygen atoms in total. The molecule has 1 aromatic heterocycles. The lowest BCUT2D eigenvalue weighted by atomic mass is 9.93. The number of rotatable bonds is 2. The first-order chi connectivity index (χ1) is 18.6. The zero-order valence-corrected chi connectivity index (χ0v) is 22.9. The molecule has 1 heterocycles. The molecule has 39 heavy (non-hydrogen) atoms. The molecule has 0 aliphatic carbocycles. The number of aromatic nitrogens is 1. The van der Waals surface area contributed by atoms with E-state index in [-0.39, 0.29) is 11.1 Å². The Morgan fingerprint density at radius 2 is 1.21 bits per heavy atom. The highest BCUT2D eigenvalue weighted by Gasteiger charge is 2.29. The monoisotopic (exact) mass is 509 g/mol. The molecule has 0 aliphatic rings. The summed E-state index contributed by atoms with van der Waals surface area (Å²) in [6, 6.07) is 18.5. The van der Waals surface area contributed by atoms with E-state index in [1.54, 1.807) is 0 Å². The van der Waals surface area contributed by atoms with Crippen LogP contribution in [-0.4, -0.2) is 10.2 Å². The van der Waals surface area contributed by atoms with Crippen LogP contribution in [-0.2, 0) is 0 Å². The average Bonchev–Trinajstić information content (AvgIpc) is 3.37. The first-order valence-corrected chi connectivity index (χ1v) is 13.5. The van der Waals surface area contributed by atoms with Gasteiger partial charge >= 0.3 is 0 Å². The van der Waals surface area contributed by atoms with Gasteiger partial charge in [0.05, 0.1) is 16.5 Å². The Morgan fingerprint density at radius 3 is 1.87 bits per heavy atom. The van der Waals surface area contributed by atoms with Gasteiger partial charge in [0.1, 0.15) is 11.4 Å². The minimum absolute atomic E-state index is 0.258. The molecule has 8 aromatic rings. The SMILES string of the molecule is Cc1cccc(-n2c(=O)c3c4cc(C)c5ccc6ccc7c(OC(C)(C)C)cc(c3c2=O)c2c7c6c5c42)c1C. The number of benzene rings is 6. The van der Waals surface area contributed by atoms with Crippen molar-refractivity contribution in [1.82, 2.24) is 4.57 Å². The topological polar surface area (TPSA) is 48.3 Å². The average molecular weight is 510 g/mol. The molecule has 0 amide bonds. The Balaban J connectivity index is 1.72. The largest absolute Gasteiger partial charge is 0.487 e. The molecule has 4 heteroatoms. The van der Waals surface area contributed by atoms with Crippen LogP contribution in [0.4, 0.5) is 0 Å². The van der Waals surface area contributed by atoms with Crippen LogP contribution < -0.4 is 15.9 Å². The van der Waals surface area contributed by atoms with E-state index in [9.17, 15) is 9.59 Å². The smallest absolute Gasteiger partial charge is 0.266 e. The summed E-state index contributed by atoms with van der Waals surface area (Å²) in [7, 11) is 0. The number of hydrogen-bond acceptors (Lipinski definition) is 3. The Labute approximate surface area is 224 Å². The van der Waals surface area contributed by atoms with Gasteiger partial charge in [-0.25, -0.2) is 4.57 Å². The number of nitrogens with zero attached hydrogens (tertiary/aromatic N) is 1. The fourth-order valence-electron chi connectivity index (χ4n) is 6.94. The van der Waals surface area contributed by atoms with E-state index < -0.39 is 5.60 Å². The van der Waals surface area contributed by atoms with E-state index in [1.807, 2.05) is 58.9 Å². The molecule has 0 unspecified atom stereocenters. The third kappa shape index (κ3) is 2.64. The van der Waals surface area contributed by atoms with Crippen LogP contribution >= 0.6 is 0 Å². The van der Waals surface area contributed by atoms with Gasteiger partial charge in [0.25, 0.3) is 11.1 Å². The van der Waals surface area contributed by atoms with Crippen molar-refractivity contribution in [3.05, 3.63) is 92.0 Å². The lowest BCUT2D eigenvalue weighted by Gasteiger charge is -2.23. The van der Waals surface area contributed by atoms with Crippen LogP contribution in [0.25, 0.3) is 70.3 Å². The highest BCUT2D eigenvalue weighted by molar-refractivity contribution is 6.48. The van der Waals surface area contributed by atoms with E-state index >= 15 is 0 Å². The van der Waals surface area contributed by atoms with Crippen molar-refractivity contribution in [3.8, 4) is 11.4 Å². The molecule has 190 valence electrons. The summed E-state index contributed by atoms with van der Waals surface area (Å²) in [4.78, 5) is 28.7. The quantitative estimate of drug-likeness (QED) is 0.222. The van der Waals surface area contributed by atoms with Gasteiger partial charge in [0, 0.05) is 16.2 Å². The molecule has 0 radical (unpaired) electrons. The van der Waals surface area contributed by atoms with Gasteiger partial charge in [-0.05, 0) is 120 Å². The van der Waals surface area contributed by atoms with Crippen LogP contribution in [0, 0.1) is 20.8 Å². The normalized spacial score (nSPS) is 13.1. The Kier molecular flexibility index (Phi) is 4.01. The minimum Gasteiger partial charge on any atom is -0.487 e. The number of fused-ring (bicyclic) bond motifs is 3. The molecule has 0 saturated heterocycles. The molecular formula is C35H27NO3. The van der Waals surface area contributed by atoms with Crippen molar-refractivity contribution in [2.75, 3.05) is 0 Å². The fraction of sp³-hybridized carbons (Fsp3) is 0.200. The zero-order chi connectivity index (χ0) is 27.1. The molecule has 0 spiro atoms. The van der Waals surface area contributed by atoms with E-state index in [2.05, 4.69) is 37.3 Å². The molecule has 7 aromatic carbocycles. The summed E-state index contributed by atoms with van der Waals surface area (Å²) in [6.45, 7) is 12.2. The van der Waals surface area contributed by atoms with E-state index in [0.29, 0.717) is 16.5 Å². The molecule has 8 rings (SSSR count). The summed E-state index contributed by atoms with van der Waals surface area (Å²) in [5.74, 6) is 0.736. The molecule has 0 bridgehead atoms. The summed E-state index contributed by atoms with van der Waals surface area (Å²) < 4.78 is 7.92. The van der Waals surface area contributed by atoms with Crippen molar-refractivity contribution in [2.45, 2.75) is 47.1 Å². The molecule has 0 fully saturated rings. The molecule has 0 aliphatic heterocycles. The first-order valence-electron chi connectivity index (χ1n) is 13.5. The van der Waals surface area contributed by atoms with Crippen molar-refractivity contribution in [3.63, 3.8) is 0 Å². The van der Waals surface area contributed by atoms with Gasteiger partial charge in [-0.1, -0.05) is 30.3 Å². The van der Waals surface area contributed by atoms with Gasteiger partial charge in [-0.3, -0.25) is 9.59 Å². The van der Waals surface area contributed by atoms with Crippen LogP contribution in [0.3, 0.4) is 0 Å². The van der Waals surface area contributed by atoms with Gasteiger partial charge in [0.15, 0.2) is 0 Å². The first kappa shape index (κ1) is 22.5. The maximum absolute atomic E-state index is 14.4. The third-order valence-electron chi connectivity index (χ3n) is 8.66. The van der Waals surface area contributed by atoms with Crippen LogP contribution in [0.2, 0.25) is 0 Å². The minimum atomic E-state index is -0.434. The van der Waals surface area contributed by atoms with Crippen molar-refractivity contribution < 1.29 is 4.74 Å². The number of aryl methyl sites for hydroxylation is 2. The van der Waals surface area contributed by atoms with Gasteiger partial charge in [-0.2, -0.15) is 0 Å². The predicted octanol–water partition coefficient (Wildman–Crippen LogP) is 7.97. The second-order valence-corrected chi connectivity index (χ2v) is 12.1. The third-order valence-corrected chi connectivity index (χ3v) is 8.66. The summed E-state index contributed by atoms with van der Waals surface area (Å²) >= 11 is 0. The standard InChI is InChI=1S/C35H27NO3/c1-16-8-7-9-24(18(16)3)36-33(37)31-22-14-17(2)20-12-10-19-11-13-21-25(39-35(4,5)6)15-23(32(31)34(36)38)30-28(21)26(19)27(20)29(22)30/h7-15H,1-6H3. The Hall–Kier alpha value is -4.44. The van der Waals surface area contributed by atoms with Crippen molar-refractivity contribution in [1.29, 1.82) is 0 Å².